The van der Waals surface area contributed by atoms with Crippen LogP contribution in [-0.4, -0.2) is 39.4 Å². The Morgan fingerprint density at radius 1 is 1.31 bits per heavy atom. The summed E-state index contributed by atoms with van der Waals surface area (Å²) in [6.45, 7) is 2.35. The molecule has 1 N–H and O–H groups in total. The third-order valence-electron chi connectivity index (χ3n) is 5.09. The van der Waals surface area contributed by atoms with Crippen molar-refractivity contribution in [1.82, 2.24) is 19.6 Å². The van der Waals surface area contributed by atoms with Crippen molar-refractivity contribution in [1.29, 1.82) is 0 Å². The summed E-state index contributed by atoms with van der Waals surface area (Å²) in [7, 11) is 0. The van der Waals surface area contributed by atoms with Gasteiger partial charge in [-0.15, -0.1) is 10.2 Å². The monoisotopic (exact) mass is 355 g/mol. The molecule has 2 aliphatic rings. The molecule has 8 heteroatoms. The molecule has 0 spiro atoms. The van der Waals surface area contributed by atoms with Gasteiger partial charge in [0.1, 0.15) is 17.9 Å². The zero-order chi connectivity index (χ0) is 17.5. The lowest BCUT2D eigenvalue weighted by Crippen LogP contribution is -2.11. The van der Waals surface area contributed by atoms with Gasteiger partial charge in [0.05, 0.1) is 13.2 Å². The lowest BCUT2D eigenvalue weighted by atomic mass is 10.0. The predicted octanol–water partition coefficient (Wildman–Crippen LogP) is 2.31. The maximum absolute atomic E-state index is 14.3. The van der Waals surface area contributed by atoms with Gasteiger partial charge in [-0.3, -0.25) is 4.40 Å². The molecule has 1 fully saturated rings. The lowest BCUT2D eigenvalue weighted by Gasteiger charge is -2.14. The third-order valence-corrected chi connectivity index (χ3v) is 5.09. The molecule has 1 atom stereocenters. The Labute approximate surface area is 149 Å². The van der Waals surface area contributed by atoms with Crippen molar-refractivity contribution in [2.45, 2.75) is 25.3 Å². The molecule has 1 aromatic carbocycles. The van der Waals surface area contributed by atoms with E-state index >= 15 is 0 Å². The second-order valence-corrected chi connectivity index (χ2v) is 6.58. The van der Waals surface area contributed by atoms with Crippen LogP contribution in [0.2, 0.25) is 0 Å². The van der Waals surface area contributed by atoms with Crippen molar-refractivity contribution in [3.63, 3.8) is 0 Å². The fourth-order valence-electron chi connectivity index (χ4n) is 3.71. The fourth-order valence-corrected chi connectivity index (χ4v) is 3.71. The first kappa shape index (κ1) is 15.5. The molecule has 0 bridgehead atoms. The highest BCUT2D eigenvalue weighted by Crippen LogP contribution is 2.31. The van der Waals surface area contributed by atoms with Crippen LogP contribution in [0.4, 0.5) is 10.3 Å². The van der Waals surface area contributed by atoms with E-state index in [0.717, 1.165) is 42.0 Å². The number of nitrogens with one attached hydrogen (secondary N) is 1. The summed E-state index contributed by atoms with van der Waals surface area (Å²) >= 11 is 0. The summed E-state index contributed by atoms with van der Waals surface area (Å²) in [6, 6.07) is 3.14. The molecule has 2 aliphatic heterocycles. The lowest BCUT2D eigenvalue weighted by molar-refractivity contribution is 0.194. The minimum atomic E-state index is -0.235. The van der Waals surface area contributed by atoms with Crippen molar-refractivity contribution >= 4 is 11.6 Å². The molecule has 0 amide bonds. The largest absolute Gasteiger partial charge is 0.493 e. The van der Waals surface area contributed by atoms with E-state index in [4.69, 9.17) is 9.47 Å². The molecule has 26 heavy (non-hydrogen) atoms. The molecule has 0 saturated carbocycles. The average Bonchev–Trinajstić information content (AvgIpc) is 3.40. The molecule has 7 nitrogen and oxygen atoms in total. The van der Waals surface area contributed by atoms with Gasteiger partial charge in [-0.2, -0.15) is 0 Å². The van der Waals surface area contributed by atoms with E-state index in [2.05, 4.69) is 20.5 Å². The van der Waals surface area contributed by atoms with E-state index in [0.29, 0.717) is 31.3 Å². The Bertz CT molecular complexity index is 968. The number of ether oxygens (including phenoxy) is 2. The summed E-state index contributed by atoms with van der Waals surface area (Å²) < 4.78 is 27.1. The minimum absolute atomic E-state index is 0.235. The summed E-state index contributed by atoms with van der Waals surface area (Å²) in [5.74, 6) is 1.41. The smallest absolute Gasteiger partial charge is 0.210 e. The number of fused-ring (bicyclic) bond motifs is 2. The fraction of sp³-hybridized carbons (Fsp3) is 0.389. The van der Waals surface area contributed by atoms with Gasteiger partial charge in [-0.05, 0) is 18.6 Å². The number of rotatable bonds is 4. The Hall–Kier alpha value is -2.74. The van der Waals surface area contributed by atoms with Crippen molar-refractivity contribution in [3.8, 4) is 5.75 Å². The SMILES string of the molecule is Fc1ccc2c(c1CNc1ncc(C3CCOC3)c3nncn13)CCO2. The highest BCUT2D eigenvalue weighted by Gasteiger charge is 2.23. The van der Waals surface area contributed by atoms with Crippen LogP contribution >= 0.6 is 0 Å². The number of hydrogen-bond donors (Lipinski definition) is 1. The summed E-state index contributed by atoms with van der Waals surface area (Å²) in [5.41, 5.74) is 3.35. The van der Waals surface area contributed by atoms with Crippen molar-refractivity contribution < 1.29 is 13.9 Å². The Balaban J connectivity index is 1.45. The van der Waals surface area contributed by atoms with E-state index in [1.165, 1.54) is 6.07 Å². The highest BCUT2D eigenvalue weighted by atomic mass is 19.1. The molecule has 4 heterocycles. The maximum atomic E-state index is 14.3. The molecule has 2 aromatic heterocycles. The van der Waals surface area contributed by atoms with E-state index in [1.54, 1.807) is 12.4 Å². The van der Waals surface area contributed by atoms with E-state index in [9.17, 15) is 4.39 Å². The third kappa shape index (κ3) is 2.48. The van der Waals surface area contributed by atoms with Gasteiger partial charge in [-0.1, -0.05) is 0 Å². The molecule has 0 aliphatic carbocycles. The second kappa shape index (κ2) is 6.21. The van der Waals surface area contributed by atoms with Gasteiger partial charge < -0.3 is 14.8 Å². The van der Waals surface area contributed by atoms with Gasteiger partial charge in [-0.25, -0.2) is 9.37 Å². The van der Waals surface area contributed by atoms with Gasteiger partial charge in [0, 0.05) is 48.4 Å². The van der Waals surface area contributed by atoms with Crippen molar-refractivity contribution in [2.75, 3.05) is 25.1 Å². The van der Waals surface area contributed by atoms with Crippen LogP contribution in [-0.2, 0) is 17.7 Å². The Morgan fingerprint density at radius 3 is 3.15 bits per heavy atom. The first-order valence-corrected chi connectivity index (χ1v) is 8.74. The Morgan fingerprint density at radius 2 is 2.27 bits per heavy atom. The second-order valence-electron chi connectivity index (χ2n) is 6.58. The average molecular weight is 355 g/mol. The number of benzene rings is 1. The molecule has 0 radical (unpaired) electrons. The molecule has 5 rings (SSSR count). The van der Waals surface area contributed by atoms with Crippen LogP contribution in [0.15, 0.2) is 24.7 Å². The normalized spacial score (nSPS) is 18.9. The molecular weight excluding hydrogens is 337 g/mol. The van der Waals surface area contributed by atoms with Crippen LogP contribution in [0.3, 0.4) is 0 Å². The molecule has 1 unspecified atom stereocenters. The van der Waals surface area contributed by atoms with Crippen LogP contribution in [0.5, 0.6) is 5.75 Å². The molecular formula is C18H18FN5O2. The van der Waals surface area contributed by atoms with Crippen LogP contribution in [0, 0.1) is 5.82 Å². The minimum Gasteiger partial charge on any atom is -0.493 e. The zero-order valence-corrected chi connectivity index (χ0v) is 14.1. The quantitative estimate of drug-likeness (QED) is 0.774. The maximum Gasteiger partial charge on any atom is 0.210 e. The first-order valence-electron chi connectivity index (χ1n) is 8.74. The van der Waals surface area contributed by atoms with Crippen LogP contribution < -0.4 is 10.1 Å². The van der Waals surface area contributed by atoms with Crippen LogP contribution in [0.25, 0.3) is 5.65 Å². The summed E-state index contributed by atoms with van der Waals surface area (Å²) in [6.07, 6.45) is 5.12. The number of halogens is 1. The number of nitrogens with zero attached hydrogens (tertiary/aromatic N) is 4. The van der Waals surface area contributed by atoms with E-state index in [1.807, 2.05) is 10.6 Å². The molecule has 134 valence electrons. The van der Waals surface area contributed by atoms with E-state index in [-0.39, 0.29) is 11.7 Å². The number of hydrogen-bond acceptors (Lipinski definition) is 6. The molecule has 3 aromatic rings. The first-order chi connectivity index (χ1) is 12.8. The molecule has 1 saturated heterocycles. The Kier molecular flexibility index (Phi) is 3.70. The van der Waals surface area contributed by atoms with Crippen molar-refractivity contribution in [2.24, 2.45) is 0 Å². The van der Waals surface area contributed by atoms with Gasteiger partial charge in [0.25, 0.3) is 0 Å². The topological polar surface area (TPSA) is 73.6 Å². The standard InChI is InChI=1S/C18H18FN5O2/c19-15-1-2-16-12(4-6-26-16)14(15)8-21-18-20-7-13(11-3-5-25-9-11)17-23-22-10-24(17)18/h1-2,7,10-11H,3-6,8-9H2,(H,20,21). The van der Waals surface area contributed by atoms with Gasteiger partial charge in [0.15, 0.2) is 5.65 Å². The van der Waals surface area contributed by atoms with E-state index < -0.39 is 0 Å². The van der Waals surface area contributed by atoms with Gasteiger partial charge in [0.2, 0.25) is 5.95 Å². The zero-order valence-electron chi connectivity index (χ0n) is 14.1. The van der Waals surface area contributed by atoms with Gasteiger partial charge >= 0.3 is 0 Å². The predicted molar refractivity (Wildman–Crippen MR) is 91.9 cm³/mol. The summed E-state index contributed by atoms with van der Waals surface area (Å²) in [5, 5.41) is 11.5. The highest BCUT2D eigenvalue weighted by molar-refractivity contribution is 5.53. The van der Waals surface area contributed by atoms with Crippen molar-refractivity contribution in [3.05, 3.63) is 47.2 Å². The number of anilines is 1. The van der Waals surface area contributed by atoms with Crippen LogP contribution in [0.1, 0.15) is 29.0 Å². The summed E-state index contributed by atoms with van der Waals surface area (Å²) in [4.78, 5) is 4.52. The number of aromatic nitrogens is 4.